The summed E-state index contributed by atoms with van der Waals surface area (Å²) in [4.78, 5) is 0. The summed E-state index contributed by atoms with van der Waals surface area (Å²) in [7, 11) is 0. The van der Waals surface area contributed by atoms with E-state index < -0.39 is 23.7 Å². The predicted octanol–water partition coefficient (Wildman–Crippen LogP) is 3.27. The number of anilines is 1. The molecule has 0 spiro atoms. The summed E-state index contributed by atoms with van der Waals surface area (Å²) in [6.07, 6.45) is -5.25. The highest BCUT2D eigenvalue weighted by Gasteiger charge is 2.31. The maximum Gasteiger partial charge on any atom is 0.416 e. The summed E-state index contributed by atoms with van der Waals surface area (Å²) in [5.74, 6) is -1.00. The third-order valence-corrected chi connectivity index (χ3v) is 2.57. The van der Waals surface area contributed by atoms with Crippen molar-refractivity contribution in [2.45, 2.75) is 26.1 Å². The minimum atomic E-state index is -4.56. The molecule has 0 aliphatic rings. The van der Waals surface area contributed by atoms with Crippen LogP contribution in [-0.2, 0) is 6.18 Å². The molecule has 1 unspecified atom stereocenters. The number of aliphatic hydroxyl groups excluding tert-OH is 1. The van der Waals surface area contributed by atoms with Gasteiger partial charge >= 0.3 is 6.18 Å². The van der Waals surface area contributed by atoms with Crippen LogP contribution < -0.4 is 5.32 Å². The topological polar surface area (TPSA) is 32.3 Å². The first kappa shape index (κ1) is 14.8. The molecule has 0 aliphatic heterocycles. The lowest BCUT2D eigenvalue weighted by atomic mass is 10.1. The molecule has 1 aromatic carbocycles. The van der Waals surface area contributed by atoms with Crippen molar-refractivity contribution in [3.8, 4) is 0 Å². The number of halogens is 4. The maximum atomic E-state index is 13.4. The van der Waals surface area contributed by atoms with Crippen molar-refractivity contribution in [1.29, 1.82) is 0 Å². The number of aliphatic hydroxyl groups is 1. The number of nitrogens with one attached hydrogen (secondary N) is 1. The molecule has 0 amide bonds. The number of hydrogen-bond donors (Lipinski definition) is 2. The molecule has 0 fully saturated rings. The van der Waals surface area contributed by atoms with E-state index in [2.05, 4.69) is 5.32 Å². The Kier molecular flexibility index (Phi) is 4.56. The Morgan fingerprint density at radius 1 is 1.28 bits per heavy atom. The van der Waals surface area contributed by atoms with Crippen molar-refractivity contribution in [2.75, 3.05) is 11.9 Å². The Bertz CT molecular complexity index is 404. The molecule has 1 atom stereocenters. The van der Waals surface area contributed by atoms with Gasteiger partial charge in [-0.15, -0.1) is 0 Å². The fourth-order valence-electron chi connectivity index (χ4n) is 1.29. The van der Waals surface area contributed by atoms with Crippen molar-refractivity contribution >= 4 is 5.69 Å². The maximum absolute atomic E-state index is 13.4. The summed E-state index contributed by atoms with van der Waals surface area (Å²) in [6.45, 7) is 3.66. The van der Waals surface area contributed by atoms with E-state index in [1.54, 1.807) is 13.8 Å². The minimum Gasteiger partial charge on any atom is -0.391 e. The molecular weight excluding hydrogens is 250 g/mol. The third kappa shape index (κ3) is 3.87. The van der Waals surface area contributed by atoms with Crippen LogP contribution >= 0.6 is 0 Å². The van der Waals surface area contributed by atoms with Crippen molar-refractivity contribution in [2.24, 2.45) is 5.92 Å². The van der Waals surface area contributed by atoms with Gasteiger partial charge in [-0.3, -0.25) is 0 Å². The number of rotatable bonds is 4. The average molecular weight is 265 g/mol. The molecule has 0 bridgehead atoms. The van der Waals surface area contributed by atoms with Crippen molar-refractivity contribution in [3.63, 3.8) is 0 Å². The molecule has 18 heavy (non-hydrogen) atoms. The van der Waals surface area contributed by atoms with Gasteiger partial charge < -0.3 is 10.4 Å². The quantitative estimate of drug-likeness (QED) is 0.819. The smallest absolute Gasteiger partial charge is 0.391 e. The molecule has 102 valence electrons. The Labute approximate surface area is 103 Å². The zero-order valence-electron chi connectivity index (χ0n) is 10.1. The highest BCUT2D eigenvalue weighted by molar-refractivity contribution is 5.46. The van der Waals surface area contributed by atoms with Crippen LogP contribution in [0.1, 0.15) is 19.4 Å². The molecule has 0 aliphatic carbocycles. The molecule has 2 N–H and O–H groups in total. The van der Waals surface area contributed by atoms with Gasteiger partial charge in [0.05, 0.1) is 17.4 Å². The van der Waals surface area contributed by atoms with Crippen molar-refractivity contribution in [1.82, 2.24) is 0 Å². The third-order valence-electron chi connectivity index (χ3n) is 2.57. The van der Waals surface area contributed by atoms with Gasteiger partial charge in [0.25, 0.3) is 0 Å². The zero-order chi connectivity index (χ0) is 13.9. The molecule has 1 aromatic rings. The van der Waals surface area contributed by atoms with E-state index in [4.69, 9.17) is 0 Å². The predicted molar refractivity (Wildman–Crippen MR) is 60.7 cm³/mol. The van der Waals surface area contributed by atoms with Crippen molar-refractivity contribution < 1.29 is 22.7 Å². The second-order valence-corrected chi connectivity index (χ2v) is 4.38. The van der Waals surface area contributed by atoms with Gasteiger partial charge in [0.1, 0.15) is 5.82 Å². The number of benzene rings is 1. The molecule has 1 rings (SSSR count). The first-order chi connectivity index (χ1) is 8.21. The zero-order valence-corrected chi connectivity index (χ0v) is 10.1. The van der Waals surface area contributed by atoms with E-state index in [1.165, 1.54) is 0 Å². The van der Waals surface area contributed by atoms with Crippen LogP contribution in [0.4, 0.5) is 23.2 Å². The Morgan fingerprint density at radius 3 is 2.33 bits per heavy atom. The van der Waals surface area contributed by atoms with Crippen LogP contribution in [0.15, 0.2) is 18.2 Å². The van der Waals surface area contributed by atoms with Gasteiger partial charge in [-0.2, -0.15) is 13.2 Å². The number of alkyl halides is 3. The van der Waals surface area contributed by atoms with Gasteiger partial charge in [-0.25, -0.2) is 4.39 Å². The highest BCUT2D eigenvalue weighted by Crippen LogP contribution is 2.31. The summed E-state index contributed by atoms with van der Waals surface area (Å²) in [6, 6.07) is 2.25. The van der Waals surface area contributed by atoms with Gasteiger partial charge in [0, 0.05) is 6.54 Å². The van der Waals surface area contributed by atoms with Crippen LogP contribution in [-0.4, -0.2) is 17.8 Å². The Hall–Kier alpha value is -1.30. The van der Waals surface area contributed by atoms with E-state index in [-0.39, 0.29) is 18.2 Å². The van der Waals surface area contributed by atoms with E-state index in [0.717, 1.165) is 12.1 Å². The van der Waals surface area contributed by atoms with Crippen LogP contribution in [0.5, 0.6) is 0 Å². The molecule has 0 heterocycles. The normalized spacial score (nSPS) is 13.8. The van der Waals surface area contributed by atoms with Crippen LogP contribution in [0.2, 0.25) is 0 Å². The van der Waals surface area contributed by atoms with Gasteiger partial charge in [0.15, 0.2) is 0 Å². The van der Waals surface area contributed by atoms with Crippen molar-refractivity contribution in [3.05, 3.63) is 29.6 Å². The lowest BCUT2D eigenvalue weighted by Crippen LogP contribution is -2.25. The second-order valence-electron chi connectivity index (χ2n) is 4.38. The molecule has 0 radical (unpaired) electrons. The van der Waals surface area contributed by atoms with E-state index in [1.807, 2.05) is 0 Å². The van der Waals surface area contributed by atoms with E-state index in [0.29, 0.717) is 6.07 Å². The highest BCUT2D eigenvalue weighted by atomic mass is 19.4. The summed E-state index contributed by atoms with van der Waals surface area (Å²) in [5, 5.41) is 12.1. The lowest BCUT2D eigenvalue weighted by molar-refractivity contribution is -0.137. The fraction of sp³-hybridized carbons (Fsp3) is 0.500. The molecular formula is C12H15F4NO. The van der Waals surface area contributed by atoms with Gasteiger partial charge in [0.2, 0.25) is 0 Å². The summed E-state index contributed by atoms with van der Waals surface area (Å²) in [5.41, 5.74) is -1.09. The van der Waals surface area contributed by atoms with E-state index in [9.17, 15) is 22.7 Å². The summed E-state index contributed by atoms with van der Waals surface area (Å²) < 4.78 is 50.3. The second kappa shape index (κ2) is 5.56. The van der Waals surface area contributed by atoms with E-state index >= 15 is 0 Å². The van der Waals surface area contributed by atoms with Crippen LogP contribution in [0, 0.1) is 11.7 Å². The monoisotopic (exact) mass is 265 g/mol. The largest absolute Gasteiger partial charge is 0.416 e. The minimum absolute atomic E-state index is 0.0185. The molecule has 0 saturated heterocycles. The number of hydrogen-bond acceptors (Lipinski definition) is 2. The summed E-state index contributed by atoms with van der Waals surface area (Å²) >= 11 is 0. The first-order valence-corrected chi connectivity index (χ1v) is 5.50. The molecule has 2 nitrogen and oxygen atoms in total. The molecule has 0 aromatic heterocycles. The Balaban J connectivity index is 2.75. The Morgan fingerprint density at radius 2 is 1.89 bits per heavy atom. The van der Waals surface area contributed by atoms with Gasteiger partial charge in [-0.05, 0) is 24.1 Å². The average Bonchev–Trinajstić information content (AvgIpc) is 2.25. The fourth-order valence-corrected chi connectivity index (χ4v) is 1.29. The first-order valence-electron chi connectivity index (χ1n) is 5.50. The standard InChI is InChI=1S/C12H15F4NO/c1-7(2)11(18)6-17-10-4-3-8(5-9(10)13)12(14,15)16/h3-5,7,11,17-18H,6H2,1-2H3. The SMILES string of the molecule is CC(C)C(O)CNc1ccc(C(F)(F)F)cc1F. The van der Waals surface area contributed by atoms with Crippen LogP contribution in [0.25, 0.3) is 0 Å². The van der Waals surface area contributed by atoms with Crippen LogP contribution in [0.3, 0.4) is 0 Å². The lowest BCUT2D eigenvalue weighted by Gasteiger charge is -2.16. The molecule has 6 heteroatoms. The molecule has 0 saturated carbocycles. The van der Waals surface area contributed by atoms with Gasteiger partial charge in [-0.1, -0.05) is 13.8 Å².